The van der Waals surface area contributed by atoms with Crippen LogP contribution in [0.2, 0.25) is 0 Å². The van der Waals surface area contributed by atoms with E-state index in [1.807, 2.05) is 20.8 Å². The highest BCUT2D eigenvalue weighted by Crippen LogP contribution is 2.11. The molecular weight excluding hydrogens is 240 g/mol. The number of hydrogen-bond donors (Lipinski definition) is 2. The Balaban J connectivity index is 2.00. The van der Waals surface area contributed by atoms with Crippen molar-refractivity contribution in [3.05, 3.63) is 16.1 Å². The number of aromatic nitrogens is 1. The summed E-state index contributed by atoms with van der Waals surface area (Å²) in [6.07, 6.45) is 0. The Kier molecular flexibility index (Phi) is 5.75. The molecule has 0 saturated heterocycles. The third-order valence-electron chi connectivity index (χ3n) is 1.82. The highest BCUT2D eigenvalue weighted by Gasteiger charge is 2.11. The number of nitrogens with one attached hydrogen (secondary N) is 1. The molecule has 1 aromatic heterocycles. The van der Waals surface area contributed by atoms with Gasteiger partial charge in [-0.3, -0.25) is 0 Å². The molecule has 3 nitrogen and oxygen atoms in total. The van der Waals surface area contributed by atoms with Crippen molar-refractivity contribution in [3.8, 4) is 0 Å². The molecule has 0 saturated carbocycles. The first-order chi connectivity index (χ1) is 7.47. The molecule has 0 unspecified atom stereocenters. The molecule has 0 fully saturated rings. The van der Waals surface area contributed by atoms with Gasteiger partial charge in [-0.25, -0.2) is 4.98 Å². The van der Waals surface area contributed by atoms with Crippen LogP contribution in [0.25, 0.3) is 0 Å². The van der Waals surface area contributed by atoms with Gasteiger partial charge in [0.05, 0.1) is 5.60 Å². The monoisotopic (exact) mass is 260 g/mol. The maximum absolute atomic E-state index is 9.51. The van der Waals surface area contributed by atoms with Crippen LogP contribution in [-0.4, -0.2) is 33.7 Å². The van der Waals surface area contributed by atoms with E-state index < -0.39 is 5.60 Å². The van der Waals surface area contributed by atoms with E-state index >= 15 is 0 Å². The van der Waals surface area contributed by atoms with Crippen LogP contribution in [0.4, 0.5) is 0 Å². The maximum atomic E-state index is 9.51. The lowest BCUT2D eigenvalue weighted by atomic mass is 10.2. The minimum atomic E-state index is -0.558. The van der Waals surface area contributed by atoms with E-state index in [1.165, 1.54) is 0 Å². The zero-order valence-corrected chi connectivity index (χ0v) is 11.7. The summed E-state index contributed by atoms with van der Waals surface area (Å²) in [5, 5.41) is 16.1. The van der Waals surface area contributed by atoms with Gasteiger partial charge in [0.2, 0.25) is 0 Å². The Labute approximate surface area is 106 Å². The second-order valence-electron chi connectivity index (χ2n) is 4.42. The maximum Gasteiger partial charge on any atom is 0.107 e. The van der Waals surface area contributed by atoms with Crippen molar-refractivity contribution in [2.75, 3.05) is 18.1 Å². The Hall–Kier alpha value is -0.100. The highest BCUT2D eigenvalue weighted by molar-refractivity contribution is 7.99. The van der Waals surface area contributed by atoms with Crippen molar-refractivity contribution in [1.82, 2.24) is 10.3 Å². The lowest BCUT2D eigenvalue weighted by Crippen LogP contribution is -2.23. The molecule has 0 amide bonds. The Morgan fingerprint density at radius 3 is 2.88 bits per heavy atom. The van der Waals surface area contributed by atoms with Crippen molar-refractivity contribution >= 4 is 23.1 Å². The van der Waals surface area contributed by atoms with Gasteiger partial charge in [0.25, 0.3) is 0 Å². The van der Waals surface area contributed by atoms with Gasteiger partial charge in [-0.2, -0.15) is 11.8 Å². The molecule has 0 atom stereocenters. The van der Waals surface area contributed by atoms with E-state index in [0.29, 0.717) is 0 Å². The number of rotatable bonds is 7. The fraction of sp³-hybridized carbons (Fsp3) is 0.727. The molecule has 0 spiro atoms. The molecule has 0 aliphatic heterocycles. The molecule has 5 heteroatoms. The first-order valence-corrected chi connectivity index (χ1v) is 7.43. The van der Waals surface area contributed by atoms with Gasteiger partial charge in [-0.15, -0.1) is 11.3 Å². The third kappa shape index (κ3) is 6.48. The highest BCUT2D eigenvalue weighted by atomic mass is 32.2. The standard InChI is InChI=1S/C11H20N2OS2/c1-9-7-16-10(13-9)6-12-4-5-15-8-11(2,3)14/h7,12,14H,4-6,8H2,1-3H3. The predicted octanol–water partition coefficient (Wildman–Crippen LogP) is 2.05. The van der Waals surface area contributed by atoms with Crippen LogP contribution in [0, 0.1) is 6.92 Å². The van der Waals surface area contributed by atoms with Crippen LogP contribution in [0.15, 0.2) is 5.38 Å². The number of aryl methyl sites for hydroxylation is 1. The van der Waals surface area contributed by atoms with Crippen LogP contribution in [0.5, 0.6) is 0 Å². The summed E-state index contributed by atoms with van der Waals surface area (Å²) in [5.41, 5.74) is 0.537. The molecule has 0 aliphatic rings. The summed E-state index contributed by atoms with van der Waals surface area (Å²) in [5.74, 6) is 1.80. The van der Waals surface area contributed by atoms with Crippen molar-refractivity contribution in [3.63, 3.8) is 0 Å². The zero-order valence-electron chi connectivity index (χ0n) is 10.1. The molecule has 1 aromatic rings. The summed E-state index contributed by atoms with van der Waals surface area (Å²) in [6, 6.07) is 0. The molecule has 92 valence electrons. The summed E-state index contributed by atoms with van der Waals surface area (Å²) in [6.45, 7) is 7.50. The molecule has 0 aliphatic carbocycles. The van der Waals surface area contributed by atoms with Crippen LogP contribution in [-0.2, 0) is 6.54 Å². The number of aliphatic hydroxyl groups is 1. The first kappa shape index (κ1) is 14.0. The van der Waals surface area contributed by atoms with Crippen LogP contribution in [0.3, 0.4) is 0 Å². The topological polar surface area (TPSA) is 45.1 Å². The number of thioether (sulfide) groups is 1. The van der Waals surface area contributed by atoms with E-state index in [-0.39, 0.29) is 0 Å². The number of nitrogens with zero attached hydrogens (tertiary/aromatic N) is 1. The van der Waals surface area contributed by atoms with Crippen molar-refractivity contribution in [1.29, 1.82) is 0 Å². The quantitative estimate of drug-likeness (QED) is 0.737. The molecule has 0 bridgehead atoms. The van der Waals surface area contributed by atoms with Gasteiger partial charge < -0.3 is 10.4 Å². The summed E-state index contributed by atoms with van der Waals surface area (Å²) in [7, 11) is 0. The van der Waals surface area contributed by atoms with Gasteiger partial charge in [-0.1, -0.05) is 0 Å². The van der Waals surface area contributed by atoms with E-state index in [0.717, 1.165) is 35.3 Å². The Morgan fingerprint density at radius 1 is 1.56 bits per heavy atom. The number of thiazole rings is 1. The summed E-state index contributed by atoms with van der Waals surface area (Å²) >= 11 is 3.47. The minimum Gasteiger partial charge on any atom is -0.390 e. The van der Waals surface area contributed by atoms with Gasteiger partial charge >= 0.3 is 0 Å². The van der Waals surface area contributed by atoms with Gasteiger partial charge in [0.15, 0.2) is 0 Å². The van der Waals surface area contributed by atoms with E-state index in [2.05, 4.69) is 15.7 Å². The van der Waals surface area contributed by atoms with E-state index in [1.54, 1.807) is 23.1 Å². The minimum absolute atomic E-state index is 0.558. The van der Waals surface area contributed by atoms with E-state index in [4.69, 9.17) is 0 Å². The van der Waals surface area contributed by atoms with Gasteiger partial charge in [-0.05, 0) is 20.8 Å². The van der Waals surface area contributed by atoms with Crippen molar-refractivity contribution < 1.29 is 5.11 Å². The lowest BCUT2D eigenvalue weighted by molar-refractivity contribution is 0.107. The smallest absolute Gasteiger partial charge is 0.107 e. The second kappa shape index (κ2) is 6.59. The predicted molar refractivity (Wildman–Crippen MR) is 72.2 cm³/mol. The van der Waals surface area contributed by atoms with Crippen molar-refractivity contribution in [2.24, 2.45) is 0 Å². The molecule has 0 radical (unpaired) electrons. The molecule has 2 N–H and O–H groups in total. The molecule has 1 rings (SSSR count). The van der Waals surface area contributed by atoms with Crippen LogP contribution < -0.4 is 5.32 Å². The lowest BCUT2D eigenvalue weighted by Gasteiger charge is -2.15. The van der Waals surface area contributed by atoms with E-state index in [9.17, 15) is 5.11 Å². The zero-order chi connectivity index (χ0) is 12.0. The largest absolute Gasteiger partial charge is 0.390 e. The normalized spacial score (nSPS) is 12.0. The molecule has 16 heavy (non-hydrogen) atoms. The number of hydrogen-bond acceptors (Lipinski definition) is 5. The Morgan fingerprint density at radius 2 is 2.31 bits per heavy atom. The second-order valence-corrected chi connectivity index (χ2v) is 6.47. The molecule has 1 heterocycles. The first-order valence-electron chi connectivity index (χ1n) is 5.39. The Bertz CT molecular complexity index is 307. The fourth-order valence-electron chi connectivity index (χ4n) is 1.15. The van der Waals surface area contributed by atoms with Gasteiger partial charge in [0.1, 0.15) is 5.01 Å². The van der Waals surface area contributed by atoms with Crippen LogP contribution >= 0.6 is 23.1 Å². The third-order valence-corrected chi connectivity index (χ3v) is 4.19. The van der Waals surface area contributed by atoms with Crippen molar-refractivity contribution in [2.45, 2.75) is 32.9 Å². The van der Waals surface area contributed by atoms with Gasteiger partial charge in [0, 0.05) is 35.7 Å². The average molecular weight is 260 g/mol. The average Bonchev–Trinajstić information content (AvgIpc) is 2.56. The fourth-order valence-corrected chi connectivity index (χ4v) is 2.82. The summed E-state index contributed by atoms with van der Waals surface area (Å²) < 4.78 is 0. The SMILES string of the molecule is Cc1csc(CNCCSCC(C)(C)O)n1. The summed E-state index contributed by atoms with van der Waals surface area (Å²) in [4.78, 5) is 4.38. The molecular formula is C11H20N2OS2. The van der Waals surface area contributed by atoms with Crippen LogP contribution in [0.1, 0.15) is 24.5 Å². The molecule has 0 aromatic carbocycles.